The van der Waals surface area contributed by atoms with Crippen LogP contribution in [0.3, 0.4) is 0 Å². The molecule has 0 spiro atoms. The van der Waals surface area contributed by atoms with Crippen LogP contribution in [0.4, 0.5) is 0 Å². The summed E-state index contributed by atoms with van der Waals surface area (Å²) >= 11 is 0. The average Bonchev–Trinajstić information content (AvgIpc) is 2.73. The second-order valence-corrected chi connectivity index (χ2v) is 5.10. The molecule has 18 heavy (non-hydrogen) atoms. The second kappa shape index (κ2) is 3.59. The first-order valence-corrected chi connectivity index (χ1v) is 6.55. The normalized spacial score (nSPS) is 15.2. The monoisotopic (exact) mass is 236 g/mol. The third kappa shape index (κ3) is 1.21. The standard InChI is InChI=1S/C16H16N2/c1-18-15-5-3-2-4-13(15)14-7-6-11-10-17-9-8-12(11)16(14)18/h2-7,17H,8-10H2,1H3. The largest absolute Gasteiger partial charge is 0.343 e. The maximum absolute atomic E-state index is 3.45. The summed E-state index contributed by atoms with van der Waals surface area (Å²) in [7, 11) is 2.19. The van der Waals surface area contributed by atoms with E-state index in [0.717, 1.165) is 19.5 Å². The van der Waals surface area contributed by atoms with E-state index in [9.17, 15) is 0 Å². The summed E-state index contributed by atoms with van der Waals surface area (Å²) in [6, 6.07) is 13.3. The van der Waals surface area contributed by atoms with Crippen molar-refractivity contribution < 1.29 is 0 Å². The van der Waals surface area contributed by atoms with Crippen molar-refractivity contribution in [3.63, 3.8) is 0 Å². The first kappa shape index (κ1) is 10.2. The van der Waals surface area contributed by atoms with E-state index in [1.54, 1.807) is 0 Å². The molecular weight excluding hydrogens is 220 g/mol. The fraction of sp³-hybridized carbons (Fsp3) is 0.250. The molecule has 0 amide bonds. The molecule has 0 bridgehead atoms. The molecule has 3 aromatic rings. The van der Waals surface area contributed by atoms with E-state index in [4.69, 9.17) is 0 Å². The number of nitrogens with zero attached hydrogens (tertiary/aromatic N) is 1. The molecule has 0 unspecified atom stereocenters. The van der Waals surface area contributed by atoms with Crippen LogP contribution < -0.4 is 5.32 Å². The Labute approximate surface area is 106 Å². The number of para-hydroxylation sites is 1. The van der Waals surface area contributed by atoms with Crippen molar-refractivity contribution in [1.82, 2.24) is 9.88 Å². The van der Waals surface area contributed by atoms with Crippen LogP contribution in [0.25, 0.3) is 21.8 Å². The molecule has 0 fully saturated rings. The van der Waals surface area contributed by atoms with E-state index in [1.165, 1.54) is 32.9 Å². The van der Waals surface area contributed by atoms with Crippen molar-refractivity contribution in [3.8, 4) is 0 Å². The quantitative estimate of drug-likeness (QED) is 0.635. The summed E-state index contributed by atoms with van der Waals surface area (Å²) in [6.45, 7) is 2.10. The molecule has 1 aliphatic heterocycles. The number of nitrogens with one attached hydrogen (secondary N) is 1. The second-order valence-electron chi connectivity index (χ2n) is 5.10. The van der Waals surface area contributed by atoms with Gasteiger partial charge in [-0.05, 0) is 30.2 Å². The minimum atomic E-state index is 1.01. The van der Waals surface area contributed by atoms with Gasteiger partial charge in [0.05, 0.1) is 5.52 Å². The molecule has 1 N–H and O–H groups in total. The first-order valence-electron chi connectivity index (χ1n) is 6.55. The van der Waals surface area contributed by atoms with E-state index < -0.39 is 0 Å². The van der Waals surface area contributed by atoms with E-state index in [2.05, 4.69) is 53.3 Å². The van der Waals surface area contributed by atoms with Gasteiger partial charge in [-0.2, -0.15) is 0 Å². The maximum Gasteiger partial charge on any atom is 0.0525 e. The number of aryl methyl sites for hydroxylation is 1. The van der Waals surface area contributed by atoms with Crippen LogP contribution in [0.5, 0.6) is 0 Å². The topological polar surface area (TPSA) is 17.0 Å². The smallest absolute Gasteiger partial charge is 0.0525 e. The third-order valence-electron chi connectivity index (χ3n) is 4.14. The Balaban J connectivity index is 2.22. The van der Waals surface area contributed by atoms with E-state index >= 15 is 0 Å². The zero-order valence-corrected chi connectivity index (χ0v) is 10.5. The fourth-order valence-electron chi connectivity index (χ4n) is 3.27. The van der Waals surface area contributed by atoms with Gasteiger partial charge < -0.3 is 9.88 Å². The Bertz CT molecular complexity index is 752. The third-order valence-corrected chi connectivity index (χ3v) is 4.14. The lowest BCUT2D eigenvalue weighted by molar-refractivity contribution is 0.645. The van der Waals surface area contributed by atoms with Gasteiger partial charge in [0.15, 0.2) is 0 Å². The van der Waals surface area contributed by atoms with E-state index in [1.807, 2.05) is 0 Å². The molecule has 1 aliphatic rings. The number of aromatic nitrogens is 1. The summed E-state index contributed by atoms with van der Waals surface area (Å²) in [6.07, 6.45) is 1.14. The lowest BCUT2D eigenvalue weighted by atomic mass is 9.97. The molecule has 4 rings (SSSR count). The SMILES string of the molecule is Cn1c2ccccc2c2ccc3c(c21)CCNC3. The van der Waals surface area contributed by atoms with Gasteiger partial charge in [-0.15, -0.1) is 0 Å². The molecule has 2 nitrogen and oxygen atoms in total. The summed E-state index contributed by atoms with van der Waals surface area (Å²) < 4.78 is 2.36. The summed E-state index contributed by atoms with van der Waals surface area (Å²) in [4.78, 5) is 0. The zero-order valence-electron chi connectivity index (χ0n) is 10.5. The highest BCUT2D eigenvalue weighted by atomic mass is 14.9. The predicted octanol–water partition coefficient (Wildman–Crippen LogP) is 2.98. The minimum absolute atomic E-state index is 1.01. The van der Waals surface area contributed by atoms with Crippen LogP contribution in [0.1, 0.15) is 11.1 Å². The summed E-state index contributed by atoms with van der Waals surface area (Å²) in [5, 5.41) is 6.22. The van der Waals surface area contributed by atoms with Gasteiger partial charge in [0, 0.05) is 29.9 Å². The van der Waals surface area contributed by atoms with Crippen LogP contribution in [0, 0.1) is 0 Å². The Kier molecular flexibility index (Phi) is 2.03. The van der Waals surface area contributed by atoms with Gasteiger partial charge in [0.25, 0.3) is 0 Å². The van der Waals surface area contributed by atoms with Crippen molar-refractivity contribution in [2.75, 3.05) is 6.54 Å². The van der Waals surface area contributed by atoms with Crippen LogP contribution >= 0.6 is 0 Å². The molecule has 90 valence electrons. The summed E-state index contributed by atoms with van der Waals surface area (Å²) in [5.41, 5.74) is 5.75. The molecule has 1 aromatic heterocycles. The van der Waals surface area contributed by atoms with Gasteiger partial charge in [-0.3, -0.25) is 0 Å². The summed E-state index contributed by atoms with van der Waals surface area (Å²) in [5.74, 6) is 0. The number of rotatable bonds is 0. The molecule has 0 aliphatic carbocycles. The van der Waals surface area contributed by atoms with Crippen molar-refractivity contribution in [1.29, 1.82) is 0 Å². The Hall–Kier alpha value is -1.80. The number of benzene rings is 2. The lowest BCUT2D eigenvalue weighted by Crippen LogP contribution is -2.24. The molecule has 2 aromatic carbocycles. The van der Waals surface area contributed by atoms with Crippen LogP contribution in [0.2, 0.25) is 0 Å². The van der Waals surface area contributed by atoms with Crippen molar-refractivity contribution >= 4 is 21.8 Å². The number of fused-ring (bicyclic) bond motifs is 5. The molecule has 0 saturated heterocycles. The molecule has 0 saturated carbocycles. The average molecular weight is 236 g/mol. The van der Waals surface area contributed by atoms with E-state index in [-0.39, 0.29) is 0 Å². The highest BCUT2D eigenvalue weighted by molar-refractivity contribution is 6.09. The molecular formula is C16H16N2. The van der Waals surface area contributed by atoms with Gasteiger partial charge in [0.2, 0.25) is 0 Å². The molecule has 2 heterocycles. The Morgan fingerprint density at radius 3 is 2.89 bits per heavy atom. The lowest BCUT2D eigenvalue weighted by Gasteiger charge is -2.18. The van der Waals surface area contributed by atoms with Gasteiger partial charge >= 0.3 is 0 Å². The highest BCUT2D eigenvalue weighted by Crippen LogP contribution is 2.32. The molecule has 2 heteroatoms. The van der Waals surface area contributed by atoms with Crippen molar-refractivity contribution in [2.24, 2.45) is 7.05 Å². The first-order chi connectivity index (χ1) is 8.86. The Morgan fingerprint density at radius 2 is 1.94 bits per heavy atom. The van der Waals surface area contributed by atoms with Crippen LogP contribution in [-0.2, 0) is 20.0 Å². The predicted molar refractivity (Wildman–Crippen MR) is 75.8 cm³/mol. The van der Waals surface area contributed by atoms with Crippen molar-refractivity contribution in [3.05, 3.63) is 47.5 Å². The maximum atomic E-state index is 3.45. The number of hydrogen-bond donors (Lipinski definition) is 1. The fourth-order valence-corrected chi connectivity index (χ4v) is 3.27. The van der Waals surface area contributed by atoms with Gasteiger partial charge in [-0.1, -0.05) is 30.3 Å². The van der Waals surface area contributed by atoms with Crippen molar-refractivity contribution in [2.45, 2.75) is 13.0 Å². The highest BCUT2D eigenvalue weighted by Gasteiger charge is 2.16. The number of hydrogen-bond acceptors (Lipinski definition) is 1. The van der Waals surface area contributed by atoms with Gasteiger partial charge in [0.1, 0.15) is 0 Å². The zero-order chi connectivity index (χ0) is 12.1. The van der Waals surface area contributed by atoms with Crippen LogP contribution in [-0.4, -0.2) is 11.1 Å². The molecule has 0 radical (unpaired) electrons. The molecule has 0 atom stereocenters. The minimum Gasteiger partial charge on any atom is -0.343 e. The van der Waals surface area contributed by atoms with Crippen LogP contribution in [0.15, 0.2) is 36.4 Å². The Morgan fingerprint density at radius 1 is 1.06 bits per heavy atom. The van der Waals surface area contributed by atoms with E-state index in [0.29, 0.717) is 0 Å². The van der Waals surface area contributed by atoms with Gasteiger partial charge in [-0.25, -0.2) is 0 Å².